The molecule has 1 aromatic rings. The monoisotopic (exact) mass is 375 g/mol. The van der Waals surface area contributed by atoms with Crippen LogP contribution in [0.3, 0.4) is 0 Å². The van der Waals surface area contributed by atoms with Gasteiger partial charge in [-0.15, -0.1) is 11.8 Å². The molecule has 0 radical (unpaired) electrons. The third-order valence-electron chi connectivity index (χ3n) is 3.44. The van der Waals surface area contributed by atoms with Crippen molar-refractivity contribution in [1.82, 2.24) is 9.97 Å². The van der Waals surface area contributed by atoms with Crippen molar-refractivity contribution in [3.05, 3.63) is 16.0 Å². The van der Waals surface area contributed by atoms with Crippen molar-refractivity contribution in [3.63, 3.8) is 0 Å². The Kier molecular flexibility index (Phi) is 4.97. The Bertz CT molecular complexity index is 502. The van der Waals surface area contributed by atoms with E-state index in [0.717, 1.165) is 21.7 Å². The Morgan fingerprint density at radius 1 is 1.20 bits per heavy atom. The van der Waals surface area contributed by atoms with Crippen molar-refractivity contribution in [3.8, 4) is 0 Å². The molecule has 20 heavy (non-hydrogen) atoms. The van der Waals surface area contributed by atoms with Crippen molar-refractivity contribution in [2.24, 2.45) is 0 Å². The van der Waals surface area contributed by atoms with Crippen molar-refractivity contribution >= 4 is 45.3 Å². The van der Waals surface area contributed by atoms with Crippen LogP contribution in [0.2, 0.25) is 0 Å². The van der Waals surface area contributed by atoms with Gasteiger partial charge in [0, 0.05) is 21.7 Å². The first-order valence-electron chi connectivity index (χ1n) is 6.80. The second-order valence-corrected chi connectivity index (χ2v) is 10.0. The highest BCUT2D eigenvalue weighted by Gasteiger charge is 2.30. The van der Waals surface area contributed by atoms with Crippen LogP contribution in [0.4, 0.5) is 5.82 Å². The van der Waals surface area contributed by atoms with Gasteiger partial charge < -0.3 is 5.73 Å². The molecule has 1 aliphatic heterocycles. The molecule has 1 aliphatic rings. The van der Waals surface area contributed by atoms with E-state index in [4.69, 9.17) is 10.7 Å². The van der Waals surface area contributed by atoms with E-state index < -0.39 is 0 Å². The maximum Gasteiger partial charge on any atom is 0.144 e. The zero-order valence-corrected chi connectivity index (χ0v) is 15.8. The molecule has 3 nitrogen and oxygen atoms in total. The number of hydrogen-bond acceptors (Lipinski definition) is 5. The van der Waals surface area contributed by atoms with Crippen molar-refractivity contribution in [2.45, 2.75) is 55.8 Å². The molecule has 2 N–H and O–H groups in total. The number of nitrogen functional groups attached to an aromatic ring is 1. The largest absolute Gasteiger partial charge is 0.383 e. The average Bonchev–Trinajstić information content (AvgIpc) is 2.34. The molecular formula is C14H22BrN3S2. The molecule has 2 heterocycles. The predicted octanol–water partition coefficient (Wildman–Crippen LogP) is 4.42. The van der Waals surface area contributed by atoms with Gasteiger partial charge in [0.1, 0.15) is 11.6 Å². The van der Waals surface area contributed by atoms with E-state index >= 15 is 0 Å². The van der Waals surface area contributed by atoms with Crippen LogP contribution in [0, 0.1) is 0 Å². The van der Waals surface area contributed by atoms with Gasteiger partial charge >= 0.3 is 0 Å². The normalized spacial score (nSPS) is 27.6. The summed E-state index contributed by atoms with van der Waals surface area (Å²) in [5.74, 6) is 2.49. The summed E-state index contributed by atoms with van der Waals surface area (Å²) in [5.41, 5.74) is 7.02. The van der Waals surface area contributed by atoms with Crippen molar-refractivity contribution < 1.29 is 0 Å². The molecule has 6 heteroatoms. The minimum absolute atomic E-state index is 0.0456. The number of aromatic nitrogens is 2. The predicted molar refractivity (Wildman–Crippen MR) is 94.6 cm³/mol. The molecule has 0 amide bonds. The second kappa shape index (κ2) is 6.05. The highest BCUT2D eigenvalue weighted by atomic mass is 79.9. The van der Waals surface area contributed by atoms with Crippen molar-refractivity contribution in [1.29, 1.82) is 0 Å². The summed E-state index contributed by atoms with van der Waals surface area (Å²) in [4.78, 5) is 9.33. The third-order valence-corrected chi connectivity index (χ3v) is 7.61. The molecule has 0 bridgehead atoms. The van der Waals surface area contributed by atoms with Crippen LogP contribution >= 0.6 is 39.5 Å². The van der Waals surface area contributed by atoms with Crippen LogP contribution < -0.4 is 5.73 Å². The van der Waals surface area contributed by atoms with Crippen LogP contribution in [-0.4, -0.2) is 26.2 Å². The van der Waals surface area contributed by atoms with E-state index in [0.29, 0.717) is 21.6 Å². The van der Waals surface area contributed by atoms with Gasteiger partial charge in [0.05, 0.1) is 15.4 Å². The van der Waals surface area contributed by atoms with E-state index in [-0.39, 0.29) is 5.41 Å². The quantitative estimate of drug-likeness (QED) is 0.787. The molecule has 1 fully saturated rings. The molecule has 2 rings (SSSR count). The summed E-state index contributed by atoms with van der Waals surface area (Å²) in [6.45, 7) is 11.0. The fourth-order valence-electron chi connectivity index (χ4n) is 2.04. The minimum Gasteiger partial charge on any atom is -0.383 e. The fourth-order valence-corrected chi connectivity index (χ4v) is 5.66. The molecule has 1 aromatic heterocycles. The number of nitrogens with two attached hydrogens (primary N) is 1. The Hall–Kier alpha value is 0.0600. The standard InChI is InChI=1S/C14H22BrN3S2/c1-7-8(2)20-9(6-19-7)13-17-11(14(3,4)5)10(15)12(16)18-13/h7-9H,6H2,1-5H3,(H2,16,17,18). The van der Waals surface area contributed by atoms with Gasteiger partial charge in [-0.2, -0.15) is 11.8 Å². The van der Waals surface area contributed by atoms with E-state index in [9.17, 15) is 0 Å². The summed E-state index contributed by atoms with van der Waals surface area (Å²) in [6, 6.07) is 0. The first kappa shape index (κ1) is 16.4. The lowest BCUT2D eigenvalue weighted by molar-refractivity contribution is 0.559. The first-order valence-corrected chi connectivity index (χ1v) is 9.59. The van der Waals surface area contributed by atoms with Crippen molar-refractivity contribution in [2.75, 3.05) is 11.5 Å². The van der Waals surface area contributed by atoms with Gasteiger partial charge in [0.2, 0.25) is 0 Å². The molecular weight excluding hydrogens is 354 g/mol. The minimum atomic E-state index is -0.0456. The molecule has 3 unspecified atom stereocenters. The van der Waals surface area contributed by atoms with E-state index in [2.05, 4.69) is 55.5 Å². The van der Waals surface area contributed by atoms with E-state index in [1.165, 1.54) is 0 Å². The van der Waals surface area contributed by atoms with Gasteiger partial charge in [-0.3, -0.25) is 0 Å². The smallest absolute Gasteiger partial charge is 0.144 e. The average molecular weight is 376 g/mol. The maximum absolute atomic E-state index is 6.07. The molecule has 0 saturated carbocycles. The SMILES string of the molecule is CC1SCC(c2nc(N)c(Br)c(C(C)(C)C)n2)SC1C. The van der Waals surface area contributed by atoms with Crippen LogP contribution in [0.25, 0.3) is 0 Å². The highest BCUT2D eigenvalue weighted by molar-refractivity contribution is 9.10. The van der Waals surface area contributed by atoms with Crippen LogP contribution in [-0.2, 0) is 5.41 Å². The number of hydrogen-bond donors (Lipinski definition) is 1. The zero-order valence-electron chi connectivity index (χ0n) is 12.6. The Morgan fingerprint density at radius 3 is 2.40 bits per heavy atom. The van der Waals surface area contributed by atoms with E-state index in [1.807, 2.05) is 23.5 Å². The van der Waals surface area contributed by atoms with Gasteiger partial charge in [-0.05, 0) is 15.9 Å². The summed E-state index contributed by atoms with van der Waals surface area (Å²) < 4.78 is 0.837. The number of anilines is 1. The van der Waals surface area contributed by atoms with Crippen LogP contribution in [0.5, 0.6) is 0 Å². The Balaban J connectivity index is 2.36. The second-order valence-electron chi connectivity index (χ2n) is 6.25. The lowest BCUT2D eigenvalue weighted by Gasteiger charge is -2.31. The van der Waals surface area contributed by atoms with E-state index in [1.54, 1.807) is 0 Å². The Morgan fingerprint density at radius 2 is 1.85 bits per heavy atom. The summed E-state index contributed by atoms with van der Waals surface area (Å²) >= 11 is 7.50. The number of rotatable bonds is 1. The lowest BCUT2D eigenvalue weighted by atomic mass is 9.92. The maximum atomic E-state index is 6.07. The summed E-state index contributed by atoms with van der Waals surface area (Å²) in [6.07, 6.45) is 0. The molecule has 1 saturated heterocycles. The molecule has 0 aliphatic carbocycles. The fraction of sp³-hybridized carbons (Fsp3) is 0.714. The summed E-state index contributed by atoms with van der Waals surface area (Å²) in [7, 11) is 0. The summed E-state index contributed by atoms with van der Waals surface area (Å²) in [5, 5.41) is 1.64. The topological polar surface area (TPSA) is 51.8 Å². The Labute approximate surface area is 138 Å². The van der Waals surface area contributed by atoms with Crippen LogP contribution in [0.15, 0.2) is 4.47 Å². The lowest BCUT2D eigenvalue weighted by Crippen LogP contribution is -2.25. The number of thioether (sulfide) groups is 2. The van der Waals surface area contributed by atoms with Gasteiger partial charge in [-0.25, -0.2) is 9.97 Å². The van der Waals surface area contributed by atoms with Gasteiger partial charge in [0.25, 0.3) is 0 Å². The van der Waals surface area contributed by atoms with Crippen LogP contribution in [0.1, 0.15) is 51.4 Å². The molecule has 112 valence electrons. The molecule has 3 atom stereocenters. The molecule has 0 spiro atoms. The van der Waals surface area contributed by atoms with Gasteiger partial charge in [-0.1, -0.05) is 34.6 Å². The highest BCUT2D eigenvalue weighted by Crippen LogP contribution is 2.44. The van der Waals surface area contributed by atoms with Gasteiger partial charge in [0.15, 0.2) is 0 Å². The third kappa shape index (κ3) is 3.45. The number of halogens is 1. The zero-order chi connectivity index (χ0) is 15.1. The first-order chi connectivity index (χ1) is 9.20. The number of nitrogens with zero attached hydrogens (tertiary/aromatic N) is 2. The molecule has 0 aromatic carbocycles.